The van der Waals surface area contributed by atoms with Crippen molar-refractivity contribution in [2.45, 2.75) is 12.5 Å². The number of esters is 1. The SMILES string of the molecule is COc1ccc(C2=NN(C(=O)/C=C/c3ccccc3)[C@H](c3ccc(Br)cc3)C2)c(OC(=O)/C=C/c2ccccc2)c1. The van der Waals surface area contributed by atoms with Crippen LogP contribution in [0.2, 0.25) is 0 Å². The van der Waals surface area contributed by atoms with Crippen molar-refractivity contribution in [3.05, 3.63) is 142 Å². The first-order valence-corrected chi connectivity index (χ1v) is 13.8. The van der Waals surface area contributed by atoms with Crippen molar-refractivity contribution in [3.63, 3.8) is 0 Å². The van der Waals surface area contributed by atoms with E-state index in [1.165, 1.54) is 17.2 Å². The third-order valence-electron chi connectivity index (χ3n) is 6.53. The summed E-state index contributed by atoms with van der Waals surface area (Å²) in [6.07, 6.45) is 6.80. The fourth-order valence-electron chi connectivity index (χ4n) is 4.45. The van der Waals surface area contributed by atoms with E-state index in [0.717, 1.165) is 21.2 Å². The van der Waals surface area contributed by atoms with Gasteiger partial charge in [-0.15, -0.1) is 0 Å². The number of carbonyl (C=O) groups excluding carboxylic acids is 2. The first-order chi connectivity index (χ1) is 20.0. The van der Waals surface area contributed by atoms with Gasteiger partial charge in [-0.3, -0.25) is 4.79 Å². The molecule has 0 N–H and O–H groups in total. The molecule has 1 amide bonds. The van der Waals surface area contributed by atoms with Gasteiger partial charge in [-0.1, -0.05) is 88.7 Å². The van der Waals surface area contributed by atoms with Gasteiger partial charge >= 0.3 is 5.97 Å². The minimum Gasteiger partial charge on any atom is -0.497 e. The van der Waals surface area contributed by atoms with Gasteiger partial charge in [0, 0.05) is 34.7 Å². The number of ether oxygens (including phenoxy) is 2. The molecule has 41 heavy (non-hydrogen) atoms. The van der Waals surface area contributed by atoms with Crippen molar-refractivity contribution in [2.75, 3.05) is 7.11 Å². The quantitative estimate of drug-likeness (QED) is 0.118. The second-order valence-corrected chi connectivity index (χ2v) is 10.2. The van der Waals surface area contributed by atoms with Crippen LogP contribution in [0.5, 0.6) is 11.5 Å². The molecule has 0 aromatic heterocycles. The summed E-state index contributed by atoms with van der Waals surface area (Å²) < 4.78 is 12.1. The van der Waals surface area contributed by atoms with Crippen LogP contribution in [0.1, 0.15) is 34.7 Å². The van der Waals surface area contributed by atoms with Crippen molar-refractivity contribution in [1.82, 2.24) is 5.01 Å². The molecule has 4 aromatic carbocycles. The molecule has 0 radical (unpaired) electrons. The third kappa shape index (κ3) is 7.07. The molecule has 0 unspecified atom stereocenters. The average molecular weight is 608 g/mol. The van der Waals surface area contributed by atoms with Crippen LogP contribution in [0, 0.1) is 0 Å². The molecule has 1 atom stereocenters. The van der Waals surface area contributed by atoms with Gasteiger partial charge in [0.2, 0.25) is 0 Å². The highest BCUT2D eigenvalue weighted by Gasteiger charge is 2.33. The van der Waals surface area contributed by atoms with Gasteiger partial charge in [-0.05, 0) is 53.1 Å². The molecule has 0 fully saturated rings. The maximum absolute atomic E-state index is 13.4. The second-order valence-electron chi connectivity index (χ2n) is 9.27. The molecular weight excluding hydrogens is 580 g/mol. The molecule has 0 saturated carbocycles. The van der Waals surface area contributed by atoms with E-state index >= 15 is 0 Å². The predicted octanol–water partition coefficient (Wildman–Crippen LogP) is 7.47. The summed E-state index contributed by atoms with van der Waals surface area (Å²) in [7, 11) is 1.55. The van der Waals surface area contributed by atoms with E-state index in [1.807, 2.05) is 84.9 Å². The Morgan fingerprint density at radius 3 is 2.12 bits per heavy atom. The number of hydrogen-bond acceptors (Lipinski definition) is 5. The minimum atomic E-state index is -0.537. The lowest BCUT2D eigenvalue weighted by molar-refractivity contribution is -0.129. The Morgan fingerprint density at radius 2 is 1.49 bits per heavy atom. The molecule has 0 saturated heterocycles. The Balaban J connectivity index is 1.46. The monoisotopic (exact) mass is 606 g/mol. The largest absolute Gasteiger partial charge is 0.497 e. The molecule has 1 heterocycles. The van der Waals surface area contributed by atoms with Crippen molar-refractivity contribution in [1.29, 1.82) is 0 Å². The van der Waals surface area contributed by atoms with Crippen LogP contribution >= 0.6 is 15.9 Å². The number of halogens is 1. The molecule has 1 aliphatic heterocycles. The van der Waals surface area contributed by atoms with Crippen LogP contribution in [0.15, 0.2) is 125 Å². The Bertz CT molecular complexity index is 1610. The van der Waals surface area contributed by atoms with Crippen molar-refractivity contribution >= 4 is 45.7 Å². The normalized spacial score (nSPS) is 14.8. The summed E-state index contributed by atoms with van der Waals surface area (Å²) in [4.78, 5) is 26.2. The standard InChI is InChI=1S/C34H27BrN2O4/c1-40-28-18-19-29(32(22-28)41-34(39)21-13-25-10-6-3-7-11-25)30-23-31(26-14-16-27(35)17-15-26)37(36-30)33(38)20-12-24-8-4-2-5-9-24/h2-22,31H,23H2,1H3/b20-12+,21-13+/t31-/m0/s1. The Kier molecular flexibility index (Phi) is 8.86. The molecule has 0 bridgehead atoms. The summed E-state index contributed by atoms with van der Waals surface area (Å²) in [5.41, 5.74) is 3.96. The number of methoxy groups -OCH3 is 1. The lowest BCUT2D eigenvalue weighted by Gasteiger charge is -2.20. The molecule has 7 heteroatoms. The first-order valence-electron chi connectivity index (χ1n) is 13.0. The first kappa shape index (κ1) is 27.8. The highest BCUT2D eigenvalue weighted by Crippen LogP contribution is 2.37. The zero-order valence-electron chi connectivity index (χ0n) is 22.3. The van der Waals surface area contributed by atoms with E-state index in [2.05, 4.69) is 15.9 Å². The molecule has 1 aliphatic rings. The lowest BCUT2D eigenvalue weighted by atomic mass is 9.97. The fraction of sp³-hybridized carbons (Fsp3) is 0.0882. The van der Waals surface area contributed by atoms with E-state index < -0.39 is 5.97 Å². The summed E-state index contributed by atoms with van der Waals surface area (Å²) in [5.74, 6) is 0.0413. The van der Waals surface area contributed by atoms with E-state index in [-0.39, 0.29) is 11.9 Å². The molecular formula is C34H27BrN2O4. The van der Waals surface area contributed by atoms with Crippen LogP contribution in [-0.2, 0) is 9.59 Å². The zero-order chi connectivity index (χ0) is 28.6. The van der Waals surface area contributed by atoms with Crippen LogP contribution in [0.4, 0.5) is 0 Å². The molecule has 0 aliphatic carbocycles. The summed E-state index contributed by atoms with van der Waals surface area (Å²) in [6, 6.07) is 31.8. The van der Waals surface area contributed by atoms with E-state index in [1.54, 1.807) is 37.5 Å². The molecule has 204 valence electrons. The average Bonchev–Trinajstić information content (AvgIpc) is 3.45. The number of carbonyl (C=O) groups is 2. The van der Waals surface area contributed by atoms with Gasteiger partial charge in [-0.25, -0.2) is 9.80 Å². The molecule has 0 spiro atoms. The predicted molar refractivity (Wildman–Crippen MR) is 164 cm³/mol. The van der Waals surface area contributed by atoms with Crippen molar-refractivity contribution < 1.29 is 19.1 Å². The van der Waals surface area contributed by atoms with Crippen molar-refractivity contribution in [3.8, 4) is 11.5 Å². The van der Waals surface area contributed by atoms with Gasteiger partial charge in [0.05, 0.1) is 18.9 Å². The number of amides is 1. The smallest absolute Gasteiger partial charge is 0.336 e. The number of hydrazone groups is 1. The van der Waals surface area contributed by atoms with Crippen LogP contribution < -0.4 is 9.47 Å². The van der Waals surface area contributed by atoms with Gasteiger partial charge < -0.3 is 9.47 Å². The van der Waals surface area contributed by atoms with Gasteiger partial charge in [-0.2, -0.15) is 5.10 Å². The Hall–Kier alpha value is -4.75. The Labute approximate surface area is 247 Å². The van der Waals surface area contributed by atoms with Crippen LogP contribution in [0.3, 0.4) is 0 Å². The van der Waals surface area contributed by atoms with Gasteiger partial charge in [0.1, 0.15) is 11.5 Å². The van der Waals surface area contributed by atoms with Gasteiger partial charge in [0.25, 0.3) is 5.91 Å². The van der Waals surface area contributed by atoms with E-state index in [0.29, 0.717) is 29.2 Å². The highest BCUT2D eigenvalue weighted by molar-refractivity contribution is 9.10. The van der Waals surface area contributed by atoms with Gasteiger partial charge in [0.15, 0.2) is 0 Å². The number of benzene rings is 4. The minimum absolute atomic E-state index is 0.255. The zero-order valence-corrected chi connectivity index (χ0v) is 23.9. The second kappa shape index (κ2) is 13.1. The topological polar surface area (TPSA) is 68.2 Å². The summed E-state index contributed by atoms with van der Waals surface area (Å²) >= 11 is 3.48. The van der Waals surface area contributed by atoms with Crippen LogP contribution in [-0.4, -0.2) is 29.7 Å². The number of nitrogens with zero attached hydrogens (tertiary/aromatic N) is 2. The number of hydrogen-bond donors (Lipinski definition) is 0. The van der Waals surface area contributed by atoms with Crippen molar-refractivity contribution in [2.24, 2.45) is 5.10 Å². The summed E-state index contributed by atoms with van der Waals surface area (Å²) in [6.45, 7) is 0. The lowest BCUT2D eigenvalue weighted by Crippen LogP contribution is -2.25. The molecule has 4 aromatic rings. The maximum atomic E-state index is 13.4. The molecule has 6 nitrogen and oxygen atoms in total. The van der Waals surface area contributed by atoms with E-state index in [9.17, 15) is 9.59 Å². The fourth-order valence-corrected chi connectivity index (χ4v) is 4.72. The summed E-state index contributed by atoms with van der Waals surface area (Å²) in [5, 5.41) is 6.24. The third-order valence-corrected chi connectivity index (χ3v) is 7.06. The highest BCUT2D eigenvalue weighted by atomic mass is 79.9. The Morgan fingerprint density at radius 1 is 0.854 bits per heavy atom. The molecule has 5 rings (SSSR count). The van der Waals surface area contributed by atoms with Crippen LogP contribution in [0.25, 0.3) is 12.2 Å². The maximum Gasteiger partial charge on any atom is 0.336 e. The van der Waals surface area contributed by atoms with E-state index in [4.69, 9.17) is 14.6 Å². The number of rotatable bonds is 8.